The summed E-state index contributed by atoms with van der Waals surface area (Å²) in [4.78, 5) is 2.53. The van der Waals surface area contributed by atoms with Crippen LogP contribution in [-0.2, 0) is 4.74 Å². The van der Waals surface area contributed by atoms with Gasteiger partial charge in [-0.2, -0.15) is 0 Å². The van der Waals surface area contributed by atoms with Crippen LogP contribution in [0.1, 0.15) is 32.6 Å². The van der Waals surface area contributed by atoms with E-state index in [2.05, 4.69) is 11.8 Å². The van der Waals surface area contributed by atoms with Crippen molar-refractivity contribution < 1.29 is 4.74 Å². The van der Waals surface area contributed by atoms with E-state index in [0.717, 1.165) is 19.8 Å². The molecule has 0 aromatic rings. The molecule has 0 atom stereocenters. The molecule has 0 aromatic carbocycles. The van der Waals surface area contributed by atoms with Crippen molar-refractivity contribution in [3.63, 3.8) is 0 Å². The van der Waals surface area contributed by atoms with Gasteiger partial charge in [0.1, 0.15) is 0 Å². The second-order valence-corrected chi connectivity index (χ2v) is 3.45. The average Bonchev–Trinajstić information content (AvgIpc) is 2.33. The zero-order chi connectivity index (χ0) is 8.65. The minimum absolute atomic E-state index is 0.855. The minimum atomic E-state index is 0.855. The van der Waals surface area contributed by atoms with Crippen LogP contribution in [0.25, 0.3) is 0 Å². The first-order chi connectivity index (χ1) is 5.93. The Labute approximate surface area is 75.9 Å². The smallest absolute Gasteiger partial charge is 0.0593 e. The zero-order valence-electron chi connectivity index (χ0n) is 8.22. The number of hydrogen-bond acceptors (Lipinski definition) is 2. The van der Waals surface area contributed by atoms with Gasteiger partial charge in [-0.3, -0.25) is 0 Å². The maximum absolute atomic E-state index is 5.34. The summed E-state index contributed by atoms with van der Waals surface area (Å²) in [5.41, 5.74) is 0. The van der Waals surface area contributed by atoms with Crippen LogP contribution >= 0.6 is 0 Å². The van der Waals surface area contributed by atoms with E-state index in [4.69, 9.17) is 4.74 Å². The Morgan fingerprint density at radius 3 is 2.33 bits per heavy atom. The summed E-state index contributed by atoms with van der Waals surface area (Å²) in [5, 5.41) is 0. The quantitative estimate of drug-likeness (QED) is 0.599. The van der Waals surface area contributed by atoms with Crippen LogP contribution in [0, 0.1) is 0 Å². The number of rotatable bonds is 4. The Morgan fingerprint density at radius 1 is 1.08 bits per heavy atom. The Hall–Kier alpha value is -0.0800. The third-order valence-electron chi connectivity index (χ3n) is 2.45. The van der Waals surface area contributed by atoms with Crippen LogP contribution < -0.4 is 0 Å². The number of ether oxygens (including phenoxy) is 1. The van der Waals surface area contributed by atoms with Gasteiger partial charge in [0.15, 0.2) is 0 Å². The summed E-state index contributed by atoms with van der Waals surface area (Å²) in [7, 11) is 0. The molecule has 0 amide bonds. The van der Waals surface area contributed by atoms with Gasteiger partial charge in [0, 0.05) is 13.2 Å². The summed E-state index contributed by atoms with van der Waals surface area (Å²) < 4.78 is 5.34. The molecule has 2 nitrogen and oxygen atoms in total. The van der Waals surface area contributed by atoms with E-state index in [9.17, 15) is 0 Å². The highest BCUT2D eigenvalue weighted by Crippen LogP contribution is 2.08. The second-order valence-electron chi connectivity index (χ2n) is 3.45. The third-order valence-corrected chi connectivity index (χ3v) is 2.45. The fourth-order valence-electron chi connectivity index (χ4n) is 1.70. The maximum Gasteiger partial charge on any atom is 0.0593 e. The molecule has 0 aliphatic carbocycles. The van der Waals surface area contributed by atoms with Crippen LogP contribution in [0.5, 0.6) is 0 Å². The lowest BCUT2D eigenvalue weighted by molar-refractivity contribution is 0.115. The van der Waals surface area contributed by atoms with Gasteiger partial charge in [-0.05, 0) is 32.9 Å². The lowest BCUT2D eigenvalue weighted by Crippen LogP contribution is -2.28. The highest BCUT2D eigenvalue weighted by Gasteiger charge is 2.07. The summed E-state index contributed by atoms with van der Waals surface area (Å²) in [6.07, 6.45) is 5.61. The van der Waals surface area contributed by atoms with E-state index in [0.29, 0.717) is 0 Å². The number of likely N-dealkylation sites (tertiary alicyclic amines) is 1. The Bertz CT molecular complexity index is 98.0. The van der Waals surface area contributed by atoms with Gasteiger partial charge in [0.25, 0.3) is 0 Å². The lowest BCUT2D eigenvalue weighted by atomic mass is 10.2. The molecule has 0 radical (unpaired) electrons. The van der Waals surface area contributed by atoms with Crippen molar-refractivity contribution in [2.75, 3.05) is 32.8 Å². The van der Waals surface area contributed by atoms with Crippen molar-refractivity contribution in [3.8, 4) is 0 Å². The van der Waals surface area contributed by atoms with E-state index >= 15 is 0 Å². The maximum atomic E-state index is 5.34. The first kappa shape index (κ1) is 10.0. The largest absolute Gasteiger partial charge is 0.380 e. The molecule has 0 spiro atoms. The molecule has 0 bridgehead atoms. The fourth-order valence-corrected chi connectivity index (χ4v) is 1.70. The van der Waals surface area contributed by atoms with E-state index < -0.39 is 0 Å². The minimum Gasteiger partial charge on any atom is -0.380 e. The van der Waals surface area contributed by atoms with Crippen LogP contribution in [0.3, 0.4) is 0 Å². The van der Waals surface area contributed by atoms with E-state index in [1.54, 1.807) is 0 Å². The van der Waals surface area contributed by atoms with E-state index in [1.165, 1.54) is 38.8 Å². The molecule has 1 rings (SSSR count). The number of nitrogens with zero attached hydrogens (tertiary/aromatic N) is 1. The molecule has 0 unspecified atom stereocenters. The van der Waals surface area contributed by atoms with Crippen molar-refractivity contribution in [2.24, 2.45) is 0 Å². The topological polar surface area (TPSA) is 12.5 Å². The molecule has 0 N–H and O–H groups in total. The summed E-state index contributed by atoms with van der Waals surface area (Å²) in [6, 6.07) is 0. The molecule has 0 aromatic heterocycles. The van der Waals surface area contributed by atoms with Crippen LogP contribution in [0.15, 0.2) is 0 Å². The van der Waals surface area contributed by atoms with Crippen molar-refractivity contribution >= 4 is 0 Å². The summed E-state index contributed by atoms with van der Waals surface area (Å²) in [5.74, 6) is 0. The van der Waals surface area contributed by atoms with Crippen LogP contribution in [-0.4, -0.2) is 37.7 Å². The molecule has 1 aliphatic rings. The summed E-state index contributed by atoms with van der Waals surface area (Å²) >= 11 is 0. The standard InChI is InChI=1S/C10H21NO/c1-2-12-10-9-11-7-5-3-4-6-8-11/h2-10H2,1H3. The van der Waals surface area contributed by atoms with Gasteiger partial charge in [0.2, 0.25) is 0 Å². The van der Waals surface area contributed by atoms with Gasteiger partial charge in [-0.1, -0.05) is 12.8 Å². The van der Waals surface area contributed by atoms with Crippen molar-refractivity contribution in [1.29, 1.82) is 0 Å². The Kier molecular flexibility index (Phi) is 5.37. The molecular formula is C10H21NO. The molecule has 1 aliphatic heterocycles. The lowest BCUT2D eigenvalue weighted by Gasteiger charge is -2.18. The highest BCUT2D eigenvalue weighted by atomic mass is 16.5. The van der Waals surface area contributed by atoms with Crippen LogP contribution in [0.4, 0.5) is 0 Å². The molecule has 1 saturated heterocycles. The highest BCUT2D eigenvalue weighted by molar-refractivity contribution is 4.62. The van der Waals surface area contributed by atoms with Crippen molar-refractivity contribution in [3.05, 3.63) is 0 Å². The molecule has 2 heteroatoms. The Morgan fingerprint density at radius 2 is 1.75 bits per heavy atom. The van der Waals surface area contributed by atoms with Gasteiger partial charge in [-0.25, -0.2) is 0 Å². The van der Waals surface area contributed by atoms with Gasteiger partial charge in [0.05, 0.1) is 6.61 Å². The zero-order valence-corrected chi connectivity index (χ0v) is 8.22. The number of hydrogen-bond donors (Lipinski definition) is 0. The normalized spacial score (nSPS) is 20.8. The Balaban J connectivity index is 2.04. The molecular weight excluding hydrogens is 150 g/mol. The van der Waals surface area contributed by atoms with Gasteiger partial charge < -0.3 is 9.64 Å². The van der Waals surface area contributed by atoms with E-state index in [1.807, 2.05) is 0 Å². The van der Waals surface area contributed by atoms with Crippen molar-refractivity contribution in [1.82, 2.24) is 4.90 Å². The average molecular weight is 171 g/mol. The molecule has 1 heterocycles. The third kappa shape index (κ3) is 4.07. The predicted octanol–water partition coefficient (Wildman–Crippen LogP) is 1.90. The van der Waals surface area contributed by atoms with Gasteiger partial charge >= 0.3 is 0 Å². The summed E-state index contributed by atoms with van der Waals surface area (Å²) in [6.45, 7) is 7.53. The van der Waals surface area contributed by atoms with E-state index in [-0.39, 0.29) is 0 Å². The fraction of sp³-hybridized carbons (Fsp3) is 1.00. The molecule has 0 saturated carbocycles. The van der Waals surface area contributed by atoms with Crippen molar-refractivity contribution in [2.45, 2.75) is 32.6 Å². The van der Waals surface area contributed by atoms with Gasteiger partial charge in [-0.15, -0.1) is 0 Å². The SMILES string of the molecule is CCOCCN1CCCCCC1. The first-order valence-electron chi connectivity index (χ1n) is 5.23. The second kappa shape index (κ2) is 6.44. The molecule has 12 heavy (non-hydrogen) atoms. The first-order valence-corrected chi connectivity index (χ1v) is 5.23. The van der Waals surface area contributed by atoms with Crippen LogP contribution in [0.2, 0.25) is 0 Å². The monoisotopic (exact) mass is 171 g/mol. The molecule has 1 fully saturated rings. The molecule has 72 valence electrons. The predicted molar refractivity (Wildman–Crippen MR) is 51.4 cm³/mol.